The van der Waals surface area contributed by atoms with Gasteiger partial charge in [-0.15, -0.1) is 0 Å². The number of amides is 1. The van der Waals surface area contributed by atoms with E-state index in [1.165, 1.54) is 32.5 Å². The summed E-state index contributed by atoms with van der Waals surface area (Å²) in [5.74, 6) is 0.364. The fourth-order valence-corrected chi connectivity index (χ4v) is 3.35. The van der Waals surface area contributed by atoms with Gasteiger partial charge in [-0.25, -0.2) is 9.59 Å². The van der Waals surface area contributed by atoms with Crippen LogP contribution in [-0.2, 0) is 17.9 Å². The lowest BCUT2D eigenvalue weighted by Crippen LogP contribution is -2.40. The number of benzene rings is 1. The molecule has 1 aromatic carbocycles. The minimum Gasteiger partial charge on any atom is -0.497 e. The number of ether oxygens (including phenoxy) is 1. The number of aryl methyl sites for hydroxylation is 2. The van der Waals surface area contributed by atoms with E-state index in [4.69, 9.17) is 4.74 Å². The highest BCUT2D eigenvalue weighted by atomic mass is 16.5. The highest BCUT2D eigenvalue weighted by Gasteiger charge is 2.13. The predicted octanol–water partition coefficient (Wildman–Crippen LogP) is 0.254. The Morgan fingerprint density at radius 2 is 1.37 bits per heavy atom. The first-order valence-corrected chi connectivity index (χ1v) is 10.9. The number of carbonyl (C=O) groups is 1. The van der Waals surface area contributed by atoms with Gasteiger partial charge in [-0.2, -0.15) is 0 Å². The van der Waals surface area contributed by atoms with Crippen molar-refractivity contribution in [2.24, 2.45) is 0 Å². The molecule has 3 aromatic rings. The number of aromatic nitrogens is 4. The molecule has 0 aliphatic carbocycles. The van der Waals surface area contributed by atoms with Crippen LogP contribution < -0.4 is 27.2 Å². The maximum atomic E-state index is 13.0. The minimum absolute atomic E-state index is 0.137. The van der Waals surface area contributed by atoms with Crippen molar-refractivity contribution in [3.05, 3.63) is 101 Å². The number of hydrogen-bond donors (Lipinski definition) is 2. The van der Waals surface area contributed by atoms with Gasteiger partial charge in [0, 0.05) is 55.8 Å². The molecule has 1 amide bonds. The fraction of sp³-hybridized carbons (Fsp3) is 0.292. The van der Waals surface area contributed by atoms with Gasteiger partial charge in [-0.05, 0) is 37.6 Å². The Labute approximate surface area is 199 Å². The van der Waals surface area contributed by atoms with Crippen LogP contribution in [0.3, 0.4) is 0 Å². The van der Waals surface area contributed by atoms with E-state index >= 15 is 0 Å². The van der Waals surface area contributed by atoms with Crippen molar-refractivity contribution >= 4 is 12.0 Å². The van der Waals surface area contributed by atoms with Crippen LogP contribution in [0, 0.1) is 13.8 Å². The van der Waals surface area contributed by atoms with Crippen molar-refractivity contribution in [3.63, 3.8) is 0 Å². The van der Waals surface area contributed by atoms with Crippen molar-refractivity contribution < 1.29 is 9.53 Å². The molecule has 11 heteroatoms. The Morgan fingerprint density at radius 3 is 1.83 bits per heavy atom. The number of hydrogen-bond acceptors (Lipinski definition) is 6. The number of methoxy groups -OCH3 is 1. The Balaban J connectivity index is 1.80. The molecule has 2 N–H and O–H groups in total. The summed E-state index contributed by atoms with van der Waals surface area (Å²) in [6, 6.07) is 7.16. The monoisotopic (exact) mass is 481 g/mol. The zero-order chi connectivity index (χ0) is 25.5. The smallest absolute Gasteiger partial charge is 0.328 e. The van der Waals surface area contributed by atoms with Crippen molar-refractivity contribution in [1.29, 1.82) is 0 Å². The van der Waals surface area contributed by atoms with Gasteiger partial charge < -0.3 is 9.64 Å². The summed E-state index contributed by atoms with van der Waals surface area (Å²) < 4.78 is 7.77. The van der Waals surface area contributed by atoms with E-state index in [0.717, 1.165) is 5.56 Å². The summed E-state index contributed by atoms with van der Waals surface area (Å²) in [6.45, 7) is 3.74. The third-order valence-electron chi connectivity index (χ3n) is 5.45. The van der Waals surface area contributed by atoms with Crippen molar-refractivity contribution in [1.82, 2.24) is 24.0 Å². The molecule has 0 aliphatic heterocycles. The number of nitrogens with one attached hydrogen (secondary N) is 2. The third kappa shape index (κ3) is 6.56. The molecule has 2 heterocycles. The van der Waals surface area contributed by atoms with E-state index in [9.17, 15) is 24.0 Å². The zero-order valence-corrected chi connectivity index (χ0v) is 19.7. The van der Waals surface area contributed by atoms with Crippen molar-refractivity contribution in [3.8, 4) is 5.75 Å². The second kappa shape index (κ2) is 11.1. The summed E-state index contributed by atoms with van der Waals surface area (Å²) >= 11 is 0. The summed E-state index contributed by atoms with van der Waals surface area (Å²) in [4.78, 5) is 66.5. The van der Waals surface area contributed by atoms with E-state index in [1.807, 2.05) is 0 Å². The third-order valence-corrected chi connectivity index (χ3v) is 5.45. The van der Waals surface area contributed by atoms with E-state index in [-0.39, 0.29) is 32.1 Å². The Kier molecular flexibility index (Phi) is 8.03. The molecular weight excluding hydrogens is 454 g/mol. The zero-order valence-electron chi connectivity index (χ0n) is 19.7. The van der Waals surface area contributed by atoms with Gasteiger partial charge in [0.05, 0.1) is 7.11 Å². The lowest BCUT2D eigenvalue weighted by molar-refractivity contribution is -0.126. The molecule has 0 atom stereocenters. The van der Waals surface area contributed by atoms with Gasteiger partial charge in [0.25, 0.3) is 11.1 Å². The topological polar surface area (TPSA) is 139 Å². The Hall–Kier alpha value is -4.41. The van der Waals surface area contributed by atoms with Crippen LogP contribution in [0.2, 0.25) is 0 Å². The van der Waals surface area contributed by atoms with E-state index in [1.54, 1.807) is 51.3 Å². The van der Waals surface area contributed by atoms with Crippen LogP contribution in [0.15, 0.2) is 61.9 Å². The summed E-state index contributed by atoms with van der Waals surface area (Å²) in [5, 5.41) is 0. The largest absolute Gasteiger partial charge is 0.497 e. The van der Waals surface area contributed by atoms with Gasteiger partial charge in [-0.1, -0.05) is 12.1 Å². The summed E-state index contributed by atoms with van der Waals surface area (Å²) in [5.41, 5.74) is -0.541. The van der Waals surface area contributed by atoms with Gasteiger partial charge >= 0.3 is 11.4 Å². The fourth-order valence-electron chi connectivity index (χ4n) is 3.35. The highest BCUT2D eigenvalue weighted by Crippen LogP contribution is 2.12. The van der Waals surface area contributed by atoms with Crippen molar-refractivity contribution in [2.75, 3.05) is 20.2 Å². The van der Waals surface area contributed by atoms with E-state index in [0.29, 0.717) is 16.9 Å². The molecule has 0 saturated heterocycles. The molecule has 2 aromatic heterocycles. The van der Waals surface area contributed by atoms with Gasteiger partial charge in [0.15, 0.2) is 0 Å². The van der Waals surface area contributed by atoms with Crippen LogP contribution in [0.1, 0.15) is 16.7 Å². The molecule has 0 fully saturated rings. The van der Waals surface area contributed by atoms with Crippen LogP contribution >= 0.6 is 0 Å². The average molecular weight is 482 g/mol. The number of rotatable bonds is 9. The average Bonchev–Trinajstić information content (AvgIpc) is 2.83. The second-order valence-corrected chi connectivity index (χ2v) is 7.96. The van der Waals surface area contributed by atoms with Crippen LogP contribution in [0.5, 0.6) is 5.75 Å². The number of H-pyrrole nitrogens is 2. The van der Waals surface area contributed by atoms with Gasteiger partial charge in [0.2, 0.25) is 5.91 Å². The quantitative estimate of drug-likeness (QED) is 0.420. The maximum absolute atomic E-state index is 13.0. The van der Waals surface area contributed by atoms with E-state index < -0.39 is 22.5 Å². The van der Waals surface area contributed by atoms with Crippen LogP contribution in [0.25, 0.3) is 6.08 Å². The Bertz CT molecular complexity index is 1380. The molecule has 0 spiro atoms. The standard InChI is InChI=1S/C24H27N5O6/c1-16-14-28(23(33)25-21(16)31)12-10-27(11-13-29-15-17(2)22(32)26-24(29)34)20(30)9-6-18-4-7-19(35-3)8-5-18/h4-9,14-15H,10-13H2,1-3H3,(H,25,31,33)(H,26,32,34). The highest BCUT2D eigenvalue weighted by molar-refractivity contribution is 5.91. The van der Waals surface area contributed by atoms with E-state index in [2.05, 4.69) is 9.97 Å². The lowest BCUT2D eigenvalue weighted by Gasteiger charge is -2.22. The first-order chi connectivity index (χ1) is 16.7. The predicted molar refractivity (Wildman–Crippen MR) is 131 cm³/mol. The SMILES string of the molecule is COc1ccc(C=CC(=O)N(CCn2cc(C)c(=O)[nH]c2=O)CCn2cc(C)c(=O)[nH]c2=O)cc1. The number of carbonyl (C=O) groups excluding carboxylic acids is 1. The van der Waals surface area contributed by atoms with Crippen LogP contribution in [-0.4, -0.2) is 50.1 Å². The normalized spacial score (nSPS) is 11.1. The molecule has 0 unspecified atom stereocenters. The molecule has 35 heavy (non-hydrogen) atoms. The van der Waals surface area contributed by atoms with Gasteiger partial charge in [0.1, 0.15) is 5.75 Å². The van der Waals surface area contributed by atoms with Crippen molar-refractivity contribution in [2.45, 2.75) is 26.9 Å². The maximum Gasteiger partial charge on any atom is 0.328 e. The first-order valence-electron chi connectivity index (χ1n) is 10.9. The summed E-state index contributed by atoms with van der Waals surface area (Å²) in [6.07, 6.45) is 5.94. The second-order valence-electron chi connectivity index (χ2n) is 7.96. The molecule has 0 aliphatic rings. The lowest BCUT2D eigenvalue weighted by atomic mass is 10.2. The molecule has 11 nitrogen and oxygen atoms in total. The summed E-state index contributed by atoms with van der Waals surface area (Å²) in [7, 11) is 1.57. The molecular formula is C24H27N5O6. The number of nitrogens with zero attached hydrogens (tertiary/aromatic N) is 3. The molecule has 3 rings (SSSR count). The molecule has 0 bridgehead atoms. The molecule has 0 saturated carbocycles. The Morgan fingerprint density at radius 1 is 0.886 bits per heavy atom. The minimum atomic E-state index is -0.575. The van der Waals surface area contributed by atoms with Gasteiger partial charge in [-0.3, -0.25) is 33.5 Å². The number of aromatic amines is 2. The first kappa shape index (κ1) is 25.2. The molecule has 0 radical (unpaired) electrons. The molecule has 184 valence electrons. The van der Waals surface area contributed by atoms with Crippen LogP contribution in [0.4, 0.5) is 0 Å².